The normalized spacial score (nSPS) is 12.9. The second kappa shape index (κ2) is 8.66. The first-order valence-electron chi connectivity index (χ1n) is 8.80. The summed E-state index contributed by atoms with van der Waals surface area (Å²) in [6.07, 6.45) is 0. The average molecular weight is 454 g/mol. The molecule has 3 N–H and O–H groups in total. The van der Waals surface area contributed by atoms with E-state index in [9.17, 15) is 18.3 Å². The molecule has 10 heteroatoms. The number of anilines is 1. The summed E-state index contributed by atoms with van der Waals surface area (Å²) in [5, 5.41) is 12.8. The first-order chi connectivity index (χ1) is 13.7. The predicted molar refractivity (Wildman–Crippen MR) is 115 cm³/mol. The molecule has 0 saturated heterocycles. The maximum absolute atomic E-state index is 12.5. The molecular weight excluding hydrogens is 434 g/mol. The Morgan fingerprint density at radius 2 is 1.90 bits per heavy atom. The number of fused-ring (bicyclic) bond motifs is 1. The lowest BCUT2D eigenvalue weighted by Crippen LogP contribution is -2.41. The molecule has 1 heterocycles. The van der Waals surface area contributed by atoms with E-state index in [1.54, 1.807) is 18.2 Å². The standard InChI is InChI=1S/C19H20ClN3O4S2/c1-11(2)16(10-24)21-18(25)12-3-8-15-17(9-12)28-19(22-15)23-29(26,27)14-6-4-13(20)5-7-14/h3-9,11,16,24H,10H2,1-2H3,(H,21,25)(H,22,23)/t16-/m1/s1. The van der Waals surface area contributed by atoms with Crippen LogP contribution in [0.1, 0.15) is 24.2 Å². The van der Waals surface area contributed by atoms with Crippen molar-refractivity contribution in [1.82, 2.24) is 10.3 Å². The molecule has 0 unspecified atom stereocenters. The SMILES string of the molecule is CC(C)[C@@H](CO)NC(=O)c1ccc2nc(NS(=O)(=O)c3ccc(Cl)cc3)sc2c1. The number of thiazole rings is 1. The molecule has 7 nitrogen and oxygen atoms in total. The smallest absolute Gasteiger partial charge is 0.263 e. The van der Waals surface area contributed by atoms with Gasteiger partial charge in [0.25, 0.3) is 15.9 Å². The molecule has 1 aromatic heterocycles. The van der Waals surface area contributed by atoms with Crippen molar-refractivity contribution in [3.63, 3.8) is 0 Å². The lowest BCUT2D eigenvalue weighted by Gasteiger charge is -2.19. The Labute approximate surface area is 177 Å². The fourth-order valence-electron chi connectivity index (χ4n) is 2.57. The molecule has 1 atom stereocenters. The number of aromatic nitrogens is 1. The number of aliphatic hydroxyl groups is 1. The van der Waals surface area contributed by atoms with E-state index in [0.29, 0.717) is 20.8 Å². The highest BCUT2D eigenvalue weighted by molar-refractivity contribution is 7.93. The largest absolute Gasteiger partial charge is 0.394 e. The highest BCUT2D eigenvalue weighted by Gasteiger charge is 2.19. The molecule has 0 bridgehead atoms. The van der Waals surface area contributed by atoms with Crippen LogP contribution >= 0.6 is 22.9 Å². The van der Waals surface area contributed by atoms with Crippen molar-refractivity contribution in [3.05, 3.63) is 53.1 Å². The minimum atomic E-state index is -3.80. The van der Waals surface area contributed by atoms with Crippen LogP contribution in [-0.2, 0) is 10.0 Å². The van der Waals surface area contributed by atoms with Crippen LogP contribution in [-0.4, -0.2) is 37.1 Å². The fraction of sp³-hybridized carbons (Fsp3) is 0.263. The second-order valence-corrected chi connectivity index (χ2v) is 9.92. The minimum absolute atomic E-state index is 0.0740. The van der Waals surface area contributed by atoms with Crippen molar-refractivity contribution in [2.24, 2.45) is 5.92 Å². The minimum Gasteiger partial charge on any atom is -0.394 e. The van der Waals surface area contributed by atoms with Gasteiger partial charge in [0.2, 0.25) is 0 Å². The van der Waals surface area contributed by atoms with Gasteiger partial charge < -0.3 is 10.4 Å². The number of aliphatic hydroxyl groups excluding tert-OH is 1. The maximum atomic E-state index is 12.5. The fourth-order valence-corrected chi connectivity index (χ4v) is 4.84. The Kier molecular flexibility index (Phi) is 6.42. The van der Waals surface area contributed by atoms with Crippen LogP contribution < -0.4 is 10.0 Å². The third-order valence-electron chi connectivity index (χ3n) is 4.31. The quantitative estimate of drug-likeness (QED) is 0.507. The molecule has 0 fully saturated rings. The molecule has 0 aliphatic rings. The van der Waals surface area contributed by atoms with Gasteiger partial charge in [-0.2, -0.15) is 0 Å². The Bertz CT molecular complexity index is 1130. The summed E-state index contributed by atoms with van der Waals surface area (Å²) in [6, 6.07) is 10.4. The van der Waals surface area contributed by atoms with E-state index in [4.69, 9.17) is 11.6 Å². The van der Waals surface area contributed by atoms with E-state index in [2.05, 4.69) is 15.0 Å². The highest BCUT2D eigenvalue weighted by Crippen LogP contribution is 2.29. The van der Waals surface area contributed by atoms with Crippen LogP contribution in [0.3, 0.4) is 0 Å². The monoisotopic (exact) mass is 453 g/mol. The van der Waals surface area contributed by atoms with Gasteiger partial charge in [0.1, 0.15) is 0 Å². The Morgan fingerprint density at radius 3 is 2.52 bits per heavy atom. The van der Waals surface area contributed by atoms with E-state index in [1.165, 1.54) is 24.3 Å². The third-order valence-corrected chi connectivity index (χ3v) is 6.98. The van der Waals surface area contributed by atoms with Crippen LogP contribution in [0.5, 0.6) is 0 Å². The second-order valence-electron chi connectivity index (χ2n) is 6.77. The van der Waals surface area contributed by atoms with Crippen LogP contribution in [0.2, 0.25) is 5.02 Å². The van der Waals surface area contributed by atoms with Gasteiger partial charge in [-0.25, -0.2) is 13.4 Å². The number of hydrogen-bond acceptors (Lipinski definition) is 6. The third kappa shape index (κ3) is 5.05. The summed E-state index contributed by atoms with van der Waals surface area (Å²) in [4.78, 5) is 16.8. The van der Waals surface area contributed by atoms with E-state index in [0.717, 1.165) is 11.3 Å². The molecule has 0 saturated carbocycles. The number of rotatable bonds is 7. The summed E-state index contributed by atoms with van der Waals surface area (Å²) in [7, 11) is -3.80. The first kappa shape index (κ1) is 21.5. The Morgan fingerprint density at radius 1 is 1.21 bits per heavy atom. The molecule has 3 rings (SSSR count). The van der Waals surface area contributed by atoms with Crippen molar-refractivity contribution >= 4 is 54.2 Å². The number of halogens is 1. The summed E-state index contributed by atoms with van der Waals surface area (Å²) >= 11 is 6.93. The number of nitrogens with one attached hydrogen (secondary N) is 2. The van der Waals surface area contributed by atoms with Gasteiger partial charge in [0.15, 0.2) is 5.13 Å². The molecule has 2 aromatic carbocycles. The lowest BCUT2D eigenvalue weighted by atomic mass is 10.0. The zero-order chi connectivity index (χ0) is 21.2. The maximum Gasteiger partial charge on any atom is 0.263 e. The van der Waals surface area contributed by atoms with E-state index in [1.807, 2.05) is 13.8 Å². The number of benzene rings is 2. The van der Waals surface area contributed by atoms with Crippen LogP contribution in [0, 0.1) is 5.92 Å². The molecule has 154 valence electrons. The molecule has 0 radical (unpaired) electrons. The van der Waals surface area contributed by atoms with Crippen molar-refractivity contribution < 1.29 is 18.3 Å². The summed E-state index contributed by atoms with van der Waals surface area (Å²) in [5.41, 5.74) is 0.982. The van der Waals surface area contributed by atoms with Gasteiger partial charge in [0, 0.05) is 10.6 Å². The topological polar surface area (TPSA) is 108 Å². The van der Waals surface area contributed by atoms with Gasteiger partial charge in [0.05, 0.1) is 27.8 Å². The van der Waals surface area contributed by atoms with Gasteiger partial charge in [-0.15, -0.1) is 0 Å². The van der Waals surface area contributed by atoms with Crippen molar-refractivity contribution in [2.75, 3.05) is 11.3 Å². The summed E-state index contributed by atoms with van der Waals surface area (Å²) < 4.78 is 28.1. The van der Waals surface area contributed by atoms with Crippen molar-refractivity contribution in [1.29, 1.82) is 0 Å². The molecule has 0 aliphatic heterocycles. The molecule has 1 amide bonds. The van der Waals surface area contributed by atoms with Crippen LogP contribution in [0.15, 0.2) is 47.4 Å². The molecule has 3 aromatic rings. The average Bonchev–Trinajstić information content (AvgIpc) is 3.06. The van der Waals surface area contributed by atoms with Gasteiger partial charge in [-0.1, -0.05) is 36.8 Å². The zero-order valence-corrected chi connectivity index (χ0v) is 18.1. The number of carbonyl (C=O) groups excluding carboxylic acids is 1. The van der Waals surface area contributed by atoms with Gasteiger partial charge in [-0.3, -0.25) is 9.52 Å². The van der Waals surface area contributed by atoms with Crippen LogP contribution in [0.25, 0.3) is 10.2 Å². The first-order valence-corrected chi connectivity index (χ1v) is 11.5. The van der Waals surface area contributed by atoms with Gasteiger partial charge in [-0.05, 0) is 48.4 Å². The molecule has 0 spiro atoms. The van der Waals surface area contributed by atoms with E-state index in [-0.39, 0.29) is 34.5 Å². The van der Waals surface area contributed by atoms with E-state index >= 15 is 0 Å². The molecule has 0 aliphatic carbocycles. The molecular formula is C19H20ClN3O4S2. The number of amides is 1. The predicted octanol–water partition coefficient (Wildman–Crippen LogP) is 3.50. The number of nitrogens with zero attached hydrogens (tertiary/aromatic N) is 1. The number of carbonyl (C=O) groups is 1. The summed E-state index contributed by atoms with van der Waals surface area (Å²) in [5.74, 6) is -0.221. The van der Waals surface area contributed by atoms with E-state index < -0.39 is 10.0 Å². The Balaban J connectivity index is 1.82. The zero-order valence-electron chi connectivity index (χ0n) is 15.7. The lowest BCUT2D eigenvalue weighted by molar-refractivity contribution is 0.0897. The number of sulfonamides is 1. The number of hydrogen-bond donors (Lipinski definition) is 3. The summed E-state index contributed by atoms with van der Waals surface area (Å²) in [6.45, 7) is 3.67. The Hall–Kier alpha value is -2.20. The van der Waals surface area contributed by atoms with Crippen LogP contribution in [0.4, 0.5) is 5.13 Å². The highest BCUT2D eigenvalue weighted by atomic mass is 35.5. The van der Waals surface area contributed by atoms with Gasteiger partial charge >= 0.3 is 0 Å². The van der Waals surface area contributed by atoms with Crippen molar-refractivity contribution in [3.8, 4) is 0 Å². The molecule has 29 heavy (non-hydrogen) atoms. The van der Waals surface area contributed by atoms with Crippen molar-refractivity contribution in [2.45, 2.75) is 24.8 Å².